The summed E-state index contributed by atoms with van der Waals surface area (Å²) in [6, 6.07) is 0. The van der Waals surface area contributed by atoms with Crippen molar-refractivity contribution in [1.29, 1.82) is 0 Å². The highest BCUT2D eigenvalue weighted by Crippen LogP contribution is 2.45. The molecule has 1 rings (SSSR count). The smallest absolute Gasteiger partial charge is 0.395 e. The van der Waals surface area contributed by atoms with E-state index in [0.29, 0.717) is 45.7 Å². The molecule has 1 aliphatic heterocycles. The molecule has 1 aliphatic rings. The lowest BCUT2D eigenvalue weighted by Crippen LogP contribution is -2.47. The van der Waals surface area contributed by atoms with Crippen LogP contribution in [0.25, 0.3) is 0 Å². The molecular formula is C21H34F7NO4. The van der Waals surface area contributed by atoms with Gasteiger partial charge in [-0.2, -0.15) is 30.7 Å². The Labute approximate surface area is 189 Å². The first kappa shape index (κ1) is 29.9. The number of esters is 1. The molecule has 1 atom stereocenters. The van der Waals surface area contributed by atoms with Gasteiger partial charge in [-0.25, -0.2) is 0 Å². The average Bonchev–Trinajstić information content (AvgIpc) is 2.69. The van der Waals surface area contributed by atoms with Crippen LogP contribution < -0.4 is 0 Å². The minimum atomic E-state index is -5.48. The van der Waals surface area contributed by atoms with Gasteiger partial charge in [0.1, 0.15) is 12.5 Å². The van der Waals surface area contributed by atoms with Gasteiger partial charge in [-0.05, 0) is 6.42 Å². The average molecular weight is 497 g/mol. The highest BCUT2D eigenvalue weighted by atomic mass is 19.4. The summed E-state index contributed by atoms with van der Waals surface area (Å²) in [6.07, 6.45) is -8.15. The second-order valence-corrected chi connectivity index (χ2v) is 8.21. The van der Waals surface area contributed by atoms with Crippen LogP contribution in [0.2, 0.25) is 0 Å². The summed E-state index contributed by atoms with van der Waals surface area (Å²) in [7, 11) is 0. The van der Waals surface area contributed by atoms with Crippen molar-refractivity contribution in [3.63, 3.8) is 0 Å². The monoisotopic (exact) mass is 497 g/mol. The van der Waals surface area contributed by atoms with E-state index in [1.807, 2.05) is 11.8 Å². The third kappa shape index (κ3) is 12.8. The lowest BCUT2D eigenvalue weighted by Gasteiger charge is -2.30. The normalized spacial score (nSPS) is 17.2. The van der Waals surface area contributed by atoms with Crippen LogP contribution >= 0.6 is 0 Å². The van der Waals surface area contributed by atoms with Crippen LogP contribution in [0.4, 0.5) is 30.7 Å². The second kappa shape index (κ2) is 14.3. The largest absolute Gasteiger partial charge is 0.460 e. The number of halogens is 7. The number of carbonyl (C=O) groups is 1. The van der Waals surface area contributed by atoms with Gasteiger partial charge in [-0.1, -0.05) is 32.6 Å². The van der Waals surface area contributed by atoms with E-state index in [1.54, 1.807) is 0 Å². The zero-order chi connectivity index (χ0) is 25.0. The van der Waals surface area contributed by atoms with E-state index >= 15 is 0 Å². The van der Waals surface area contributed by atoms with Crippen LogP contribution in [0.5, 0.6) is 0 Å². The van der Waals surface area contributed by atoms with Crippen molar-refractivity contribution in [2.45, 2.75) is 82.4 Å². The van der Waals surface area contributed by atoms with Crippen molar-refractivity contribution in [2.75, 3.05) is 46.1 Å². The number of ether oxygens (including phenoxy) is 3. The zero-order valence-electron chi connectivity index (χ0n) is 18.9. The van der Waals surface area contributed by atoms with Gasteiger partial charge >= 0.3 is 24.0 Å². The van der Waals surface area contributed by atoms with Gasteiger partial charge in [0.05, 0.1) is 32.8 Å². The lowest BCUT2D eigenvalue weighted by molar-refractivity contribution is -0.272. The van der Waals surface area contributed by atoms with Gasteiger partial charge in [-0.3, -0.25) is 9.69 Å². The molecule has 0 aromatic carbocycles. The lowest BCUT2D eigenvalue weighted by atomic mass is 10.0. The van der Waals surface area contributed by atoms with Crippen molar-refractivity contribution in [2.24, 2.45) is 0 Å². The third-order valence-electron chi connectivity index (χ3n) is 5.18. The Morgan fingerprint density at radius 2 is 1.61 bits per heavy atom. The summed E-state index contributed by atoms with van der Waals surface area (Å²) in [5.74, 6) is -11.3. The summed E-state index contributed by atoms with van der Waals surface area (Å²) < 4.78 is 108. The number of nitrogens with zero attached hydrogens (tertiary/aromatic N) is 1. The van der Waals surface area contributed by atoms with Gasteiger partial charge in [0.15, 0.2) is 0 Å². The van der Waals surface area contributed by atoms with Gasteiger partial charge in [0.2, 0.25) is 0 Å². The van der Waals surface area contributed by atoms with E-state index in [1.165, 1.54) is 0 Å². The van der Waals surface area contributed by atoms with Crippen molar-refractivity contribution >= 4 is 5.97 Å². The maximum Gasteiger partial charge on any atom is 0.395 e. The van der Waals surface area contributed by atoms with E-state index in [4.69, 9.17) is 14.2 Å². The number of hydrogen-bond donors (Lipinski definition) is 0. The second-order valence-electron chi connectivity index (χ2n) is 8.21. The Kier molecular flexibility index (Phi) is 13.0. The molecule has 0 radical (unpaired) electrons. The highest BCUT2D eigenvalue weighted by molar-refractivity contribution is 5.69. The number of alkyl halides is 7. The van der Waals surface area contributed by atoms with Crippen molar-refractivity contribution in [3.05, 3.63) is 0 Å². The molecule has 196 valence electrons. The fourth-order valence-corrected chi connectivity index (χ4v) is 3.30. The Morgan fingerprint density at radius 3 is 2.21 bits per heavy atom. The molecule has 5 nitrogen and oxygen atoms in total. The number of rotatable bonds is 16. The molecule has 0 aromatic heterocycles. The molecule has 0 spiro atoms. The van der Waals surface area contributed by atoms with Gasteiger partial charge in [-0.15, -0.1) is 0 Å². The van der Waals surface area contributed by atoms with Crippen molar-refractivity contribution in [3.8, 4) is 0 Å². The molecule has 1 fully saturated rings. The maximum absolute atomic E-state index is 14.1. The van der Waals surface area contributed by atoms with Crippen LogP contribution in [0.15, 0.2) is 0 Å². The van der Waals surface area contributed by atoms with Crippen LogP contribution in [0.3, 0.4) is 0 Å². The topological polar surface area (TPSA) is 48.0 Å². The minimum Gasteiger partial charge on any atom is -0.460 e. The molecule has 0 aliphatic carbocycles. The summed E-state index contributed by atoms with van der Waals surface area (Å²) in [5, 5.41) is 0. The van der Waals surface area contributed by atoms with Gasteiger partial charge < -0.3 is 14.2 Å². The molecule has 12 heteroatoms. The van der Waals surface area contributed by atoms with E-state index in [0.717, 1.165) is 19.3 Å². The Balaban J connectivity index is 2.65. The first-order chi connectivity index (χ1) is 15.4. The van der Waals surface area contributed by atoms with Crippen LogP contribution in [0.1, 0.15) is 58.3 Å². The highest BCUT2D eigenvalue weighted by Gasteiger charge is 2.61. The van der Waals surface area contributed by atoms with Crippen molar-refractivity contribution in [1.82, 2.24) is 4.90 Å². The number of morpholine rings is 1. The molecule has 0 bridgehead atoms. The fraction of sp³-hybridized carbons (Fsp3) is 0.952. The van der Waals surface area contributed by atoms with Crippen LogP contribution in [-0.2, 0) is 19.0 Å². The van der Waals surface area contributed by atoms with E-state index in [9.17, 15) is 35.5 Å². The molecule has 0 amide bonds. The van der Waals surface area contributed by atoms with Crippen LogP contribution in [-0.4, -0.2) is 81.1 Å². The molecule has 0 N–H and O–H groups in total. The molecule has 1 heterocycles. The first-order valence-electron chi connectivity index (χ1n) is 11.3. The quantitative estimate of drug-likeness (QED) is 0.166. The Morgan fingerprint density at radius 1 is 0.970 bits per heavy atom. The maximum atomic E-state index is 14.1. The summed E-state index contributed by atoms with van der Waals surface area (Å²) in [5.41, 5.74) is 0. The molecule has 1 saturated heterocycles. The van der Waals surface area contributed by atoms with E-state index < -0.39 is 49.5 Å². The van der Waals surface area contributed by atoms with Gasteiger partial charge in [0.25, 0.3) is 0 Å². The van der Waals surface area contributed by atoms with Gasteiger partial charge in [0, 0.05) is 26.1 Å². The summed E-state index contributed by atoms with van der Waals surface area (Å²) in [6.45, 7) is 4.19. The Bertz CT molecular complexity index is 555. The number of carbonyl (C=O) groups excluding carboxylic acids is 1. The fourth-order valence-electron chi connectivity index (χ4n) is 3.30. The van der Waals surface area contributed by atoms with E-state index in [2.05, 4.69) is 0 Å². The van der Waals surface area contributed by atoms with E-state index in [-0.39, 0.29) is 13.0 Å². The van der Waals surface area contributed by atoms with Crippen LogP contribution in [0, 0.1) is 0 Å². The molecule has 33 heavy (non-hydrogen) atoms. The molecule has 0 aromatic rings. The number of unbranched alkanes of at least 4 members (excludes halogenated alkanes) is 4. The predicted octanol–water partition coefficient (Wildman–Crippen LogP) is 5.22. The van der Waals surface area contributed by atoms with Crippen molar-refractivity contribution < 1.29 is 49.7 Å². The third-order valence-corrected chi connectivity index (χ3v) is 5.18. The molecule has 1 unspecified atom stereocenters. The first-order valence-corrected chi connectivity index (χ1v) is 11.3. The summed E-state index contributed by atoms with van der Waals surface area (Å²) in [4.78, 5) is 14.0. The SMILES string of the molecule is CCCCCCCC(=O)OC(COCCN1CCOCC1)CC(F)(F)C(F)(F)CC(F)(F)F. The molecule has 0 saturated carbocycles. The number of hydrogen-bond acceptors (Lipinski definition) is 5. The predicted molar refractivity (Wildman–Crippen MR) is 107 cm³/mol. The summed E-state index contributed by atoms with van der Waals surface area (Å²) >= 11 is 0. The molecular weight excluding hydrogens is 463 g/mol. The minimum absolute atomic E-state index is 0.0512. The Hall–Kier alpha value is -1.14. The standard InChI is InChI=1S/C21H34F7NO4/c1-2-3-4-5-6-7-18(30)33-17(15-32-13-10-29-8-11-31-12-9-29)14-19(22,23)20(24,25)16-21(26,27)28/h17H,2-16H2,1H3. The zero-order valence-corrected chi connectivity index (χ0v) is 18.9.